The van der Waals surface area contributed by atoms with Gasteiger partial charge in [0.05, 0.1) is 5.69 Å². The van der Waals surface area contributed by atoms with E-state index >= 15 is 0 Å². The first kappa shape index (κ1) is 13.8. The van der Waals surface area contributed by atoms with Gasteiger partial charge in [0, 0.05) is 28.9 Å². The van der Waals surface area contributed by atoms with Crippen molar-refractivity contribution in [2.24, 2.45) is 0 Å². The first-order valence-electron chi connectivity index (χ1n) is 7.43. The monoisotopic (exact) mass is 286 g/mol. The summed E-state index contributed by atoms with van der Waals surface area (Å²) in [6.07, 6.45) is 2.62. The number of thiazole rings is 1. The lowest BCUT2D eigenvalue weighted by molar-refractivity contribution is 0.590. The largest absolute Gasteiger partial charge is 0.310 e. The molecule has 1 aromatic carbocycles. The molecule has 0 unspecified atom stereocenters. The highest BCUT2D eigenvalue weighted by molar-refractivity contribution is 7.15. The van der Waals surface area contributed by atoms with Crippen molar-refractivity contribution in [3.05, 3.63) is 40.4 Å². The first-order chi connectivity index (χ1) is 9.63. The molecule has 20 heavy (non-hydrogen) atoms. The molecule has 0 spiro atoms. The maximum Gasteiger partial charge on any atom is 0.123 e. The van der Waals surface area contributed by atoms with Crippen LogP contribution in [0.1, 0.15) is 48.7 Å². The van der Waals surface area contributed by atoms with Crippen LogP contribution in [0.3, 0.4) is 0 Å². The zero-order valence-electron chi connectivity index (χ0n) is 12.4. The van der Waals surface area contributed by atoms with Crippen molar-refractivity contribution in [3.8, 4) is 10.6 Å². The molecule has 3 rings (SSSR count). The molecule has 1 N–H and O–H groups in total. The Bertz CT molecular complexity index is 580. The number of aromatic nitrogens is 1. The second-order valence-corrected chi connectivity index (χ2v) is 7.09. The highest BCUT2D eigenvalue weighted by Gasteiger charge is 2.29. The molecular weight excluding hydrogens is 264 g/mol. The van der Waals surface area contributed by atoms with Crippen molar-refractivity contribution < 1.29 is 0 Å². The highest BCUT2D eigenvalue weighted by Crippen LogP contribution is 2.44. The van der Waals surface area contributed by atoms with Crippen LogP contribution in [-0.2, 0) is 6.54 Å². The number of aryl methyl sites for hydroxylation is 1. The smallest absolute Gasteiger partial charge is 0.123 e. The van der Waals surface area contributed by atoms with Gasteiger partial charge < -0.3 is 5.32 Å². The fourth-order valence-electron chi connectivity index (χ4n) is 2.28. The lowest BCUT2D eigenvalue weighted by Crippen LogP contribution is -2.21. The van der Waals surface area contributed by atoms with Crippen molar-refractivity contribution in [3.63, 3.8) is 0 Å². The second kappa shape index (κ2) is 5.66. The summed E-state index contributed by atoms with van der Waals surface area (Å²) in [5.41, 5.74) is 3.89. The molecule has 1 aliphatic rings. The number of benzene rings is 1. The van der Waals surface area contributed by atoms with Crippen LogP contribution >= 0.6 is 11.3 Å². The molecule has 2 nitrogen and oxygen atoms in total. The first-order valence-corrected chi connectivity index (χ1v) is 8.25. The molecule has 106 valence electrons. The van der Waals surface area contributed by atoms with Gasteiger partial charge in [-0.25, -0.2) is 4.98 Å². The van der Waals surface area contributed by atoms with Gasteiger partial charge in [0.25, 0.3) is 0 Å². The number of hydrogen-bond acceptors (Lipinski definition) is 3. The molecule has 0 amide bonds. The third kappa shape index (κ3) is 3.10. The summed E-state index contributed by atoms with van der Waals surface area (Å²) < 4.78 is 0. The number of nitrogens with one attached hydrogen (secondary N) is 1. The standard InChI is InChI=1S/C17H22N2S/c1-11(2)18-10-15-16(13-8-9-13)19-17(20-15)14-6-4-12(3)5-7-14/h4-7,11,13,18H,8-10H2,1-3H3. The number of nitrogens with zero attached hydrogens (tertiary/aromatic N) is 1. The Morgan fingerprint density at radius 3 is 2.55 bits per heavy atom. The Hall–Kier alpha value is -1.19. The number of rotatable bonds is 5. The minimum absolute atomic E-state index is 0.520. The van der Waals surface area contributed by atoms with Crippen molar-refractivity contribution in [1.29, 1.82) is 0 Å². The molecule has 1 fully saturated rings. The van der Waals surface area contributed by atoms with Crippen molar-refractivity contribution in [1.82, 2.24) is 10.3 Å². The van der Waals surface area contributed by atoms with E-state index in [0.29, 0.717) is 6.04 Å². The fourth-order valence-corrected chi connectivity index (χ4v) is 3.39. The Kier molecular flexibility index (Phi) is 3.90. The van der Waals surface area contributed by atoms with E-state index in [0.717, 1.165) is 12.5 Å². The Labute approximate surface area is 125 Å². The van der Waals surface area contributed by atoms with Gasteiger partial charge in [-0.15, -0.1) is 11.3 Å². The molecule has 3 heteroatoms. The van der Waals surface area contributed by atoms with Gasteiger partial charge in [-0.05, 0) is 19.8 Å². The van der Waals surface area contributed by atoms with E-state index < -0.39 is 0 Å². The molecule has 0 bridgehead atoms. The third-order valence-corrected chi connectivity index (χ3v) is 4.78. The predicted molar refractivity (Wildman–Crippen MR) is 86.2 cm³/mol. The molecule has 2 aromatic rings. The van der Waals surface area contributed by atoms with E-state index in [4.69, 9.17) is 4.98 Å². The maximum atomic E-state index is 4.93. The van der Waals surface area contributed by atoms with Crippen LogP contribution < -0.4 is 5.32 Å². The zero-order chi connectivity index (χ0) is 14.1. The van der Waals surface area contributed by atoms with Crippen LogP contribution in [0.25, 0.3) is 10.6 Å². The lowest BCUT2D eigenvalue weighted by Gasteiger charge is -2.07. The molecule has 1 aliphatic carbocycles. The van der Waals surface area contributed by atoms with Crippen molar-refractivity contribution in [2.75, 3.05) is 0 Å². The van der Waals surface area contributed by atoms with E-state index in [9.17, 15) is 0 Å². The van der Waals surface area contributed by atoms with Crippen LogP contribution in [0.2, 0.25) is 0 Å². The van der Waals surface area contributed by atoms with E-state index in [1.54, 1.807) is 0 Å². The molecule has 0 aliphatic heterocycles. The van der Waals surface area contributed by atoms with Crippen LogP contribution in [0.4, 0.5) is 0 Å². The SMILES string of the molecule is Cc1ccc(-c2nc(C3CC3)c(CNC(C)C)s2)cc1. The molecule has 1 aromatic heterocycles. The molecule has 1 heterocycles. The minimum atomic E-state index is 0.520. The summed E-state index contributed by atoms with van der Waals surface area (Å²) in [5.74, 6) is 0.717. The quantitative estimate of drug-likeness (QED) is 0.875. The van der Waals surface area contributed by atoms with Crippen LogP contribution in [-0.4, -0.2) is 11.0 Å². The zero-order valence-corrected chi connectivity index (χ0v) is 13.3. The average Bonchev–Trinajstić information content (AvgIpc) is 3.18. The second-order valence-electron chi connectivity index (χ2n) is 6.00. The Morgan fingerprint density at radius 2 is 1.95 bits per heavy atom. The summed E-state index contributed by atoms with van der Waals surface area (Å²) in [6.45, 7) is 7.46. The summed E-state index contributed by atoms with van der Waals surface area (Å²) in [5, 5.41) is 4.70. The van der Waals surface area contributed by atoms with E-state index in [1.165, 1.54) is 39.5 Å². The van der Waals surface area contributed by atoms with Gasteiger partial charge in [0.15, 0.2) is 0 Å². The van der Waals surface area contributed by atoms with Crippen LogP contribution in [0, 0.1) is 6.92 Å². The average molecular weight is 286 g/mol. The van der Waals surface area contributed by atoms with Crippen LogP contribution in [0.15, 0.2) is 24.3 Å². The summed E-state index contributed by atoms with van der Waals surface area (Å²) in [7, 11) is 0. The van der Waals surface area contributed by atoms with Gasteiger partial charge in [-0.2, -0.15) is 0 Å². The van der Waals surface area contributed by atoms with Crippen molar-refractivity contribution in [2.45, 2.75) is 52.1 Å². The fraction of sp³-hybridized carbons (Fsp3) is 0.471. The maximum absolute atomic E-state index is 4.93. The number of hydrogen-bond donors (Lipinski definition) is 1. The van der Waals surface area contributed by atoms with E-state index in [1.807, 2.05) is 11.3 Å². The minimum Gasteiger partial charge on any atom is -0.310 e. The molecule has 0 saturated heterocycles. The normalized spacial score (nSPS) is 15.0. The lowest BCUT2D eigenvalue weighted by atomic mass is 10.1. The molecule has 0 radical (unpaired) electrons. The predicted octanol–water partition coefficient (Wildman–Crippen LogP) is 4.49. The van der Waals surface area contributed by atoms with Crippen LogP contribution in [0.5, 0.6) is 0 Å². The van der Waals surface area contributed by atoms with Gasteiger partial charge in [0.1, 0.15) is 5.01 Å². The van der Waals surface area contributed by atoms with E-state index in [2.05, 4.69) is 50.4 Å². The Balaban J connectivity index is 1.88. The van der Waals surface area contributed by atoms with Crippen molar-refractivity contribution >= 4 is 11.3 Å². The van der Waals surface area contributed by atoms with E-state index in [-0.39, 0.29) is 0 Å². The summed E-state index contributed by atoms with van der Waals surface area (Å²) >= 11 is 1.86. The molecular formula is C17H22N2S. The summed E-state index contributed by atoms with van der Waals surface area (Å²) in [4.78, 5) is 6.36. The molecule has 0 atom stereocenters. The van der Waals surface area contributed by atoms with Gasteiger partial charge >= 0.3 is 0 Å². The van der Waals surface area contributed by atoms with Gasteiger partial charge in [-0.3, -0.25) is 0 Å². The summed E-state index contributed by atoms with van der Waals surface area (Å²) in [6, 6.07) is 9.22. The van der Waals surface area contributed by atoms with Gasteiger partial charge in [0.2, 0.25) is 0 Å². The Morgan fingerprint density at radius 1 is 1.25 bits per heavy atom. The third-order valence-electron chi connectivity index (χ3n) is 3.66. The van der Waals surface area contributed by atoms with Gasteiger partial charge in [-0.1, -0.05) is 43.7 Å². The molecule has 1 saturated carbocycles. The topological polar surface area (TPSA) is 24.9 Å². The highest BCUT2D eigenvalue weighted by atomic mass is 32.1.